The van der Waals surface area contributed by atoms with E-state index in [0.717, 1.165) is 30.2 Å². The van der Waals surface area contributed by atoms with Gasteiger partial charge in [-0.15, -0.1) is 0 Å². The lowest BCUT2D eigenvalue weighted by Crippen LogP contribution is -2.29. The molecule has 0 aliphatic carbocycles. The van der Waals surface area contributed by atoms with Crippen LogP contribution in [0.4, 0.5) is 25.8 Å². The Labute approximate surface area is 154 Å². The molecule has 0 bridgehead atoms. The maximum absolute atomic E-state index is 13.2. The van der Waals surface area contributed by atoms with Gasteiger partial charge < -0.3 is 15.5 Å². The molecule has 0 radical (unpaired) electrons. The molecule has 8 heteroatoms. The molecule has 0 unspecified atom stereocenters. The van der Waals surface area contributed by atoms with Gasteiger partial charge in [-0.2, -0.15) is 0 Å². The van der Waals surface area contributed by atoms with E-state index in [1.54, 1.807) is 23.1 Å². The van der Waals surface area contributed by atoms with E-state index >= 15 is 0 Å². The van der Waals surface area contributed by atoms with Crippen LogP contribution in [0.2, 0.25) is 0 Å². The summed E-state index contributed by atoms with van der Waals surface area (Å²) >= 11 is 0. The van der Waals surface area contributed by atoms with Crippen LogP contribution in [0.5, 0.6) is 0 Å². The van der Waals surface area contributed by atoms with E-state index in [2.05, 4.69) is 10.6 Å². The number of hydrogen-bond donors (Lipinski definition) is 2. The number of nitrogens with zero attached hydrogens (tertiary/aromatic N) is 1. The number of hydrogen-bond acceptors (Lipinski definition) is 3. The Morgan fingerprint density at radius 1 is 0.963 bits per heavy atom. The topological polar surface area (TPSA) is 78.5 Å². The molecule has 1 fully saturated rings. The SMILES string of the molecule is Cc1ccc(NC(=O)C(=O)Nc2ccc(F)c(F)c2)cc1N1CCCC1=O. The third-order valence-electron chi connectivity index (χ3n) is 4.21. The Balaban J connectivity index is 1.70. The van der Waals surface area contributed by atoms with Gasteiger partial charge in [0.15, 0.2) is 11.6 Å². The van der Waals surface area contributed by atoms with Crippen molar-refractivity contribution in [3.63, 3.8) is 0 Å². The van der Waals surface area contributed by atoms with Crippen molar-refractivity contribution >= 4 is 34.8 Å². The zero-order chi connectivity index (χ0) is 19.6. The Morgan fingerprint density at radius 3 is 2.19 bits per heavy atom. The predicted octanol–water partition coefficient (Wildman–Crippen LogP) is 2.98. The molecule has 2 aromatic rings. The van der Waals surface area contributed by atoms with Crippen molar-refractivity contribution in [1.82, 2.24) is 0 Å². The highest BCUT2D eigenvalue weighted by molar-refractivity contribution is 6.43. The van der Waals surface area contributed by atoms with Gasteiger partial charge in [0.1, 0.15) is 0 Å². The summed E-state index contributed by atoms with van der Waals surface area (Å²) in [6.07, 6.45) is 1.25. The first-order valence-corrected chi connectivity index (χ1v) is 8.33. The molecular weight excluding hydrogens is 356 g/mol. The van der Waals surface area contributed by atoms with Gasteiger partial charge in [-0.25, -0.2) is 8.78 Å². The number of benzene rings is 2. The standard InChI is InChI=1S/C19H17F2N3O3/c1-11-4-5-13(10-16(11)24-8-2-3-17(24)25)23-19(27)18(26)22-12-6-7-14(20)15(21)9-12/h4-7,9-10H,2-3,8H2,1H3,(H,22,26)(H,23,27). The first-order valence-electron chi connectivity index (χ1n) is 8.33. The first kappa shape index (κ1) is 18.5. The van der Waals surface area contributed by atoms with Gasteiger partial charge in [0, 0.05) is 36.1 Å². The van der Waals surface area contributed by atoms with Crippen LogP contribution in [0.15, 0.2) is 36.4 Å². The Bertz CT molecular complexity index is 930. The molecule has 0 spiro atoms. The van der Waals surface area contributed by atoms with E-state index in [0.29, 0.717) is 24.3 Å². The van der Waals surface area contributed by atoms with Crippen LogP contribution >= 0.6 is 0 Å². The van der Waals surface area contributed by atoms with Gasteiger partial charge in [-0.1, -0.05) is 6.07 Å². The fourth-order valence-electron chi connectivity index (χ4n) is 2.83. The third-order valence-corrected chi connectivity index (χ3v) is 4.21. The average molecular weight is 373 g/mol. The minimum absolute atomic E-state index is 0.0117. The highest BCUT2D eigenvalue weighted by atomic mass is 19.2. The second kappa shape index (κ2) is 7.53. The molecule has 3 amide bonds. The van der Waals surface area contributed by atoms with E-state index in [4.69, 9.17) is 0 Å². The van der Waals surface area contributed by atoms with Crippen LogP contribution in [0, 0.1) is 18.6 Å². The maximum Gasteiger partial charge on any atom is 0.314 e. The molecule has 1 heterocycles. The summed E-state index contributed by atoms with van der Waals surface area (Å²) in [7, 11) is 0. The summed E-state index contributed by atoms with van der Waals surface area (Å²) in [6.45, 7) is 2.45. The molecule has 140 valence electrons. The number of carbonyl (C=O) groups excluding carboxylic acids is 3. The van der Waals surface area contributed by atoms with Crippen molar-refractivity contribution in [3.8, 4) is 0 Å². The molecule has 27 heavy (non-hydrogen) atoms. The summed E-state index contributed by atoms with van der Waals surface area (Å²) in [4.78, 5) is 37.6. The second-order valence-electron chi connectivity index (χ2n) is 6.19. The number of nitrogens with one attached hydrogen (secondary N) is 2. The molecule has 2 N–H and O–H groups in total. The number of amides is 3. The highest BCUT2D eigenvalue weighted by Gasteiger charge is 2.23. The van der Waals surface area contributed by atoms with Gasteiger partial charge in [0.25, 0.3) is 0 Å². The van der Waals surface area contributed by atoms with E-state index < -0.39 is 23.4 Å². The lowest BCUT2D eigenvalue weighted by molar-refractivity contribution is -0.133. The summed E-state index contributed by atoms with van der Waals surface area (Å²) < 4.78 is 26.1. The largest absolute Gasteiger partial charge is 0.318 e. The predicted molar refractivity (Wildman–Crippen MR) is 96.4 cm³/mol. The monoisotopic (exact) mass is 373 g/mol. The van der Waals surface area contributed by atoms with Crippen LogP contribution in [-0.2, 0) is 14.4 Å². The van der Waals surface area contributed by atoms with Crippen LogP contribution < -0.4 is 15.5 Å². The first-order chi connectivity index (χ1) is 12.8. The Morgan fingerprint density at radius 2 is 1.59 bits per heavy atom. The fraction of sp³-hybridized carbons (Fsp3) is 0.211. The van der Waals surface area contributed by atoms with E-state index in [1.807, 2.05) is 6.92 Å². The average Bonchev–Trinajstić information content (AvgIpc) is 3.05. The molecule has 6 nitrogen and oxygen atoms in total. The quantitative estimate of drug-likeness (QED) is 0.812. The summed E-state index contributed by atoms with van der Waals surface area (Å²) in [6, 6.07) is 7.76. The van der Waals surface area contributed by atoms with Crippen molar-refractivity contribution in [1.29, 1.82) is 0 Å². The second-order valence-corrected chi connectivity index (χ2v) is 6.19. The molecule has 2 aromatic carbocycles. The third kappa shape index (κ3) is 4.11. The number of aryl methyl sites for hydroxylation is 1. The zero-order valence-corrected chi connectivity index (χ0v) is 14.5. The van der Waals surface area contributed by atoms with Crippen molar-refractivity contribution in [3.05, 3.63) is 53.6 Å². The van der Waals surface area contributed by atoms with Gasteiger partial charge in [0.05, 0.1) is 0 Å². The summed E-state index contributed by atoms with van der Waals surface area (Å²) in [5, 5.41) is 4.63. The molecule has 1 aliphatic rings. The van der Waals surface area contributed by atoms with E-state index in [1.165, 1.54) is 0 Å². The number of rotatable bonds is 3. The molecule has 1 aliphatic heterocycles. The van der Waals surface area contributed by atoms with Crippen LogP contribution in [0.1, 0.15) is 18.4 Å². The Kier molecular flexibility index (Phi) is 5.16. The maximum atomic E-state index is 13.2. The van der Waals surface area contributed by atoms with Gasteiger partial charge in [0.2, 0.25) is 5.91 Å². The molecule has 0 atom stereocenters. The van der Waals surface area contributed by atoms with Crippen molar-refractivity contribution in [2.75, 3.05) is 22.1 Å². The summed E-state index contributed by atoms with van der Waals surface area (Å²) in [5.74, 6) is -4.17. The zero-order valence-electron chi connectivity index (χ0n) is 14.5. The van der Waals surface area contributed by atoms with E-state index in [9.17, 15) is 23.2 Å². The van der Waals surface area contributed by atoms with Crippen LogP contribution in [0.25, 0.3) is 0 Å². The van der Waals surface area contributed by atoms with Gasteiger partial charge in [-0.3, -0.25) is 14.4 Å². The van der Waals surface area contributed by atoms with Crippen molar-refractivity contribution in [2.24, 2.45) is 0 Å². The fourth-order valence-corrected chi connectivity index (χ4v) is 2.83. The lowest BCUT2D eigenvalue weighted by atomic mass is 10.1. The molecule has 0 saturated carbocycles. The van der Waals surface area contributed by atoms with Gasteiger partial charge >= 0.3 is 11.8 Å². The van der Waals surface area contributed by atoms with E-state index in [-0.39, 0.29) is 11.6 Å². The smallest absolute Gasteiger partial charge is 0.314 e. The Hall–Kier alpha value is -3.29. The number of anilines is 3. The van der Waals surface area contributed by atoms with Gasteiger partial charge in [-0.05, 0) is 43.2 Å². The molecule has 0 aromatic heterocycles. The normalized spacial score (nSPS) is 13.6. The minimum atomic E-state index is -1.13. The highest BCUT2D eigenvalue weighted by Crippen LogP contribution is 2.28. The molecule has 3 rings (SSSR count). The van der Waals surface area contributed by atoms with Crippen molar-refractivity contribution < 1.29 is 23.2 Å². The molecular formula is C19H17F2N3O3. The summed E-state index contributed by atoms with van der Waals surface area (Å²) in [5.41, 5.74) is 1.85. The lowest BCUT2D eigenvalue weighted by Gasteiger charge is -2.19. The van der Waals surface area contributed by atoms with Crippen LogP contribution in [0.3, 0.4) is 0 Å². The molecule has 1 saturated heterocycles. The number of halogens is 2. The van der Waals surface area contributed by atoms with Crippen LogP contribution in [-0.4, -0.2) is 24.3 Å². The van der Waals surface area contributed by atoms with Crippen molar-refractivity contribution in [2.45, 2.75) is 19.8 Å². The number of carbonyl (C=O) groups is 3. The minimum Gasteiger partial charge on any atom is -0.318 e.